The molecule has 16 heavy (non-hydrogen) atoms. The van der Waals surface area contributed by atoms with Crippen LogP contribution in [-0.2, 0) is 11.3 Å². The standard InChI is InChI=1S/C12H18N2O2/c1-15-11-4-2-3-10(9-13)12(11)14-5-7-16-8-6-14/h2-4H,5-9,13H2,1H3. The van der Waals surface area contributed by atoms with E-state index in [1.54, 1.807) is 7.11 Å². The quantitative estimate of drug-likeness (QED) is 0.828. The lowest BCUT2D eigenvalue weighted by Crippen LogP contribution is -2.37. The highest BCUT2D eigenvalue weighted by atomic mass is 16.5. The van der Waals surface area contributed by atoms with Crippen LogP contribution in [0.3, 0.4) is 0 Å². The van der Waals surface area contributed by atoms with E-state index in [4.69, 9.17) is 15.2 Å². The fraction of sp³-hybridized carbons (Fsp3) is 0.500. The maximum atomic E-state index is 5.77. The Morgan fingerprint density at radius 2 is 2.12 bits per heavy atom. The molecule has 2 rings (SSSR count). The normalized spacial score (nSPS) is 16.2. The van der Waals surface area contributed by atoms with E-state index in [1.807, 2.05) is 18.2 Å². The van der Waals surface area contributed by atoms with Crippen molar-refractivity contribution in [2.75, 3.05) is 38.3 Å². The number of rotatable bonds is 3. The van der Waals surface area contributed by atoms with Gasteiger partial charge in [-0.15, -0.1) is 0 Å². The summed E-state index contributed by atoms with van der Waals surface area (Å²) in [5, 5.41) is 0. The highest BCUT2D eigenvalue weighted by Crippen LogP contribution is 2.32. The van der Waals surface area contributed by atoms with Crippen LogP contribution in [0.25, 0.3) is 0 Å². The lowest BCUT2D eigenvalue weighted by Gasteiger charge is -2.31. The molecule has 2 N–H and O–H groups in total. The lowest BCUT2D eigenvalue weighted by atomic mass is 10.1. The van der Waals surface area contributed by atoms with Crippen LogP contribution in [0.5, 0.6) is 5.75 Å². The van der Waals surface area contributed by atoms with Crippen LogP contribution >= 0.6 is 0 Å². The first-order valence-electron chi connectivity index (χ1n) is 5.55. The van der Waals surface area contributed by atoms with Gasteiger partial charge in [-0.1, -0.05) is 12.1 Å². The van der Waals surface area contributed by atoms with E-state index < -0.39 is 0 Å². The molecular weight excluding hydrogens is 204 g/mol. The van der Waals surface area contributed by atoms with E-state index >= 15 is 0 Å². The van der Waals surface area contributed by atoms with Crippen LogP contribution < -0.4 is 15.4 Å². The number of para-hydroxylation sites is 1. The number of hydrogen-bond acceptors (Lipinski definition) is 4. The molecule has 0 unspecified atom stereocenters. The molecule has 0 amide bonds. The zero-order valence-electron chi connectivity index (χ0n) is 9.61. The summed E-state index contributed by atoms with van der Waals surface area (Å²) in [6, 6.07) is 6.00. The van der Waals surface area contributed by atoms with Gasteiger partial charge in [-0.2, -0.15) is 0 Å². The first kappa shape index (κ1) is 11.2. The van der Waals surface area contributed by atoms with E-state index in [9.17, 15) is 0 Å². The fourth-order valence-electron chi connectivity index (χ4n) is 2.04. The number of morpholine rings is 1. The van der Waals surface area contributed by atoms with E-state index in [0.29, 0.717) is 6.54 Å². The van der Waals surface area contributed by atoms with Crippen molar-refractivity contribution in [3.8, 4) is 5.75 Å². The number of anilines is 1. The summed E-state index contributed by atoms with van der Waals surface area (Å²) in [5.41, 5.74) is 8.01. The van der Waals surface area contributed by atoms with Gasteiger partial charge in [-0.3, -0.25) is 0 Å². The molecule has 0 bridgehead atoms. The molecule has 1 aliphatic rings. The highest BCUT2D eigenvalue weighted by molar-refractivity contribution is 5.64. The van der Waals surface area contributed by atoms with Gasteiger partial charge in [0.05, 0.1) is 26.0 Å². The SMILES string of the molecule is COc1cccc(CN)c1N1CCOCC1. The molecule has 1 aliphatic heterocycles. The summed E-state index contributed by atoms with van der Waals surface area (Å²) < 4.78 is 10.8. The Labute approximate surface area is 95.9 Å². The molecule has 1 aromatic carbocycles. The van der Waals surface area contributed by atoms with Gasteiger partial charge in [0.1, 0.15) is 5.75 Å². The summed E-state index contributed by atoms with van der Waals surface area (Å²) in [6.45, 7) is 3.86. The average Bonchev–Trinajstić information content (AvgIpc) is 2.38. The second kappa shape index (κ2) is 5.18. The highest BCUT2D eigenvalue weighted by Gasteiger charge is 2.18. The van der Waals surface area contributed by atoms with Crippen LogP contribution in [0.15, 0.2) is 18.2 Å². The third-order valence-corrected chi connectivity index (χ3v) is 2.85. The predicted molar refractivity (Wildman–Crippen MR) is 63.9 cm³/mol. The molecule has 88 valence electrons. The number of ether oxygens (including phenoxy) is 2. The van der Waals surface area contributed by atoms with Crippen molar-refractivity contribution in [1.29, 1.82) is 0 Å². The van der Waals surface area contributed by atoms with E-state index in [1.165, 1.54) is 0 Å². The molecule has 1 heterocycles. The largest absolute Gasteiger partial charge is 0.495 e. The minimum absolute atomic E-state index is 0.532. The van der Waals surface area contributed by atoms with Crippen LogP contribution in [0.1, 0.15) is 5.56 Å². The Bertz CT molecular complexity index is 327. The second-order valence-corrected chi connectivity index (χ2v) is 3.77. The number of nitrogens with two attached hydrogens (primary N) is 1. The van der Waals surface area contributed by atoms with Crippen LogP contribution in [0.4, 0.5) is 5.69 Å². The maximum Gasteiger partial charge on any atom is 0.142 e. The Morgan fingerprint density at radius 1 is 1.38 bits per heavy atom. The third kappa shape index (κ3) is 2.13. The first-order chi connectivity index (χ1) is 7.86. The van der Waals surface area contributed by atoms with Gasteiger partial charge in [0.2, 0.25) is 0 Å². The Balaban J connectivity index is 2.34. The fourth-order valence-corrected chi connectivity index (χ4v) is 2.04. The molecule has 4 nitrogen and oxygen atoms in total. The summed E-state index contributed by atoms with van der Waals surface area (Å²) in [4.78, 5) is 2.28. The minimum Gasteiger partial charge on any atom is -0.495 e. The molecular formula is C12H18N2O2. The zero-order chi connectivity index (χ0) is 11.4. The topological polar surface area (TPSA) is 47.7 Å². The van der Waals surface area contributed by atoms with Gasteiger partial charge >= 0.3 is 0 Å². The van der Waals surface area contributed by atoms with Gasteiger partial charge in [0, 0.05) is 19.6 Å². The van der Waals surface area contributed by atoms with Gasteiger partial charge in [-0.25, -0.2) is 0 Å². The number of methoxy groups -OCH3 is 1. The van der Waals surface area contributed by atoms with E-state index in [2.05, 4.69) is 4.90 Å². The molecule has 0 spiro atoms. The van der Waals surface area contributed by atoms with Gasteiger partial charge in [0.15, 0.2) is 0 Å². The molecule has 1 fully saturated rings. The number of benzene rings is 1. The third-order valence-electron chi connectivity index (χ3n) is 2.85. The molecule has 4 heteroatoms. The van der Waals surface area contributed by atoms with Crippen molar-refractivity contribution in [2.45, 2.75) is 6.54 Å². The van der Waals surface area contributed by atoms with Crippen LogP contribution in [0.2, 0.25) is 0 Å². The van der Waals surface area contributed by atoms with Crippen molar-refractivity contribution in [2.24, 2.45) is 5.73 Å². The minimum atomic E-state index is 0.532. The van der Waals surface area contributed by atoms with Crippen molar-refractivity contribution in [1.82, 2.24) is 0 Å². The van der Waals surface area contributed by atoms with Gasteiger partial charge < -0.3 is 20.1 Å². The smallest absolute Gasteiger partial charge is 0.142 e. The maximum absolute atomic E-state index is 5.77. The molecule has 0 radical (unpaired) electrons. The first-order valence-corrected chi connectivity index (χ1v) is 5.55. The van der Waals surface area contributed by atoms with E-state index in [0.717, 1.165) is 43.3 Å². The molecule has 1 saturated heterocycles. The Morgan fingerprint density at radius 3 is 2.75 bits per heavy atom. The summed E-state index contributed by atoms with van der Waals surface area (Å²) in [6.07, 6.45) is 0. The van der Waals surface area contributed by atoms with Crippen molar-refractivity contribution in [3.05, 3.63) is 23.8 Å². The summed E-state index contributed by atoms with van der Waals surface area (Å²) in [7, 11) is 1.69. The van der Waals surface area contributed by atoms with E-state index in [-0.39, 0.29) is 0 Å². The summed E-state index contributed by atoms with van der Waals surface area (Å²) >= 11 is 0. The van der Waals surface area contributed by atoms with Crippen molar-refractivity contribution >= 4 is 5.69 Å². The summed E-state index contributed by atoms with van der Waals surface area (Å²) in [5.74, 6) is 0.893. The zero-order valence-corrected chi connectivity index (χ0v) is 9.61. The molecule has 0 aliphatic carbocycles. The number of nitrogens with zero attached hydrogens (tertiary/aromatic N) is 1. The molecule has 0 aromatic heterocycles. The molecule has 0 saturated carbocycles. The van der Waals surface area contributed by atoms with Gasteiger partial charge in [0.25, 0.3) is 0 Å². The molecule has 0 atom stereocenters. The second-order valence-electron chi connectivity index (χ2n) is 3.77. The predicted octanol–water partition coefficient (Wildman–Crippen LogP) is 0.991. The monoisotopic (exact) mass is 222 g/mol. The molecule has 1 aromatic rings. The Hall–Kier alpha value is -1.26. The lowest BCUT2D eigenvalue weighted by molar-refractivity contribution is 0.122. The average molecular weight is 222 g/mol. The van der Waals surface area contributed by atoms with Crippen molar-refractivity contribution < 1.29 is 9.47 Å². The van der Waals surface area contributed by atoms with Crippen LogP contribution in [-0.4, -0.2) is 33.4 Å². The Kier molecular flexibility index (Phi) is 3.64. The number of hydrogen-bond donors (Lipinski definition) is 1. The van der Waals surface area contributed by atoms with Crippen LogP contribution in [0, 0.1) is 0 Å². The van der Waals surface area contributed by atoms with Gasteiger partial charge in [-0.05, 0) is 11.6 Å². The van der Waals surface area contributed by atoms with Crippen molar-refractivity contribution in [3.63, 3.8) is 0 Å².